The quantitative estimate of drug-likeness (QED) is 0.432. The minimum atomic E-state index is -0.459. The summed E-state index contributed by atoms with van der Waals surface area (Å²) in [6.07, 6.45) is 0. The second-order valence-electron chi connectivity index (χ2n) is 7.61. The number of anilines is 1. The predicted octanol–water partition coefficient (Wildman–Crippen LogP) is 3.24. The number of carbonyl (C=O) groups excluding carboxylic acids is 1. The van der Waals surface area contributed by atoms with E-state index in [0.717, 1.165) is 20.7 Å². The van der Waals surface area contributed by atoms with E-state index in [2.05, 4.69) is 10.4 Å². The van der Waals surface area contributed by atoms with Crippen molar-refractivity contribution >= 4 is 50.3 Å². The average Bonchev–Trinajstić information content (AvgIpc) is 3.46. The van der Waals surface area contributed by atoms with Gasteiger partial charge in [0, 0.05) is 10.6 Å². The zero-order valence-electron chi connectivity index (χ0n) is 17.4. The highest BCUT2D eigenvalue weighted by Crippen LogP contribution is 2.19. The number of nitrogens with zero attached hydrogens (tertiary/aromatic N) is 4. The van der Waals surface area contributed by atoms with Crippen molar-refractivity contribution in [3.63, 3.8) is 0 Å². The van der Waals surface area contributed by atoms with E-state index in [1.165, 1.54) is 31.6 Å². The van der Waals surface area contributed by atoms with E-state index in [4.69, 9.17) is 0 Å². The average molecular weight is 466 g/mol. The first kappa shape index (κ1) is 20.4. The molecule has 5 rings (SSSR count). The van der Waals surface area contributed by atoms with E-state index >= 15 is 0 Å². The minimum absolute atomic E-state index is 0.201. The zero-order chi connectivity index (χ0) is 22.4. The summed E-state index contributed by atoms with van der Waals surface area (Å²) in [7, 11) is 0. The van der Waals surface area contributed by atoms with Gasteiger partial charge >= 0.3 is 5.69 Å². The van der Waals surface area contributed by atoms with E-state index in [0.29, 0.717) is 22.4 Å². The van der Waals surface area contributed by atoms with Gasteiger partial charge in [0.2, 0.25) is 11.7 Å². The Labute approximate surface area is 190 Å². The summed E-state index contributed by atoms with van der Waals surface area (Å²) in [5.74, 6) is -0.146. The van der Waals surface area contributed by atoms with E-state index in [-0.39, 0.29) is 23.8 Å². The fourth-order valence-corrected chi connectivity index (χ4v) is 5.34. The molecule has 0 bridgehead atoms. The van der Waals surface area contributed by atoms with Crippen LogP contribution >= 0.6 is 22.7 Å². The van der Waals surface area contributed by atoms with Crippen LogP contribution in [0.25, 0.3) is 16.0 Å². The van der Waals surface area contributed by atoms with Crippen LogP contribution in [0.4, 0.5) is 5.69 Å². The van der Waals surface area contributed by atoms with Gasteiger partial charge in [-0.05, 0) is 60.0 Å². The molecule has 0 spiro atoms. The summed E-state index contributed by atoms with van der Waals surface area (Å²) < 4.78 is 4.49. The van der Waals surface area contributed by atoms with Crippen molar-refractivity contribution in [1.29, 1.82) is 0 Å². The lowest BCUT2D eigenvalue weighted by Crippen LogP contribution is -2.29. The summed E-state index contributed by atoms with van der Waals surface area (Å²) in [4.78, 5) is 39.9. The lowest BCUT2D eigenvalue weighted by molar-refractivity contribution is -0.117. The third-order valence-corrected chi connectivity index (χ3v) is 6.83. The van der Waals surface area contributed by atoms with Crippen molar-refractivity contribution in [2.75, 3.05) is 5.32 Å². The molecule has 0 aliphatic rings. The molecule has 4 aromatic heterocycles. The maximum absolute atomic E-state index is 13.2. The van der Waals surface area contributed by atoms with Crippen molar-refractivity contribution in [2.45, 2.75) is 26.9 Å². The normalized spacial score (nSPS) is 11.4. The van der Waals surface area contributed by atoms with Crippen LogP contribution in [0.2, 0.25) is 0 Å². The highest BCUT2D eigenvalue weighted by atomic mass is 32.1. The third-order valence-electron chi connectivity index (χ3n) is 5.08. The summed E-state index contributed by atoms with van der Waals surface area (Å²) in [6.45, 7) is 3.95. The van der Waals surface area contributed by atoms with Gasteiger partial charge in [-0.15, -0.1) is 27.8 Å². The van der Waals surface area contributed by atoms with Gasteiger partial charge in [0.15, 0.2) is 0 Å². The lowest BCUT2D eigenvalue weighted by atomic mass is 10.1. The molecule has 1 N–H and O–H groups in total. The maximum Gasteiger partial charge on any atom is 0.352 e. The number of thiophene rings is 2. The highest BCUT2D eigenvalue weighted by molar-refractivity contribution is 7.17. The predicted molar refractivity (Wildman–Crippen MR) is 127 cm³/mol. The Morgan fingerprint density at radius 1 is 1.06 bits per heavy atom. The van der Waals surface area contributed by atoms with Crippen LogP contribution in [-0.2, 0) is 17.9 Å². The zero-order valence-corrected chi connectivity index (χ0v) is 19.0. The van der Waals surface area contributed by atoms with Crippen LogP contribution in [0, 0.1) is 13.8 Å². The molecular weight excluding hydrogens is 446 g/mol. The number of hydrogen-bond acceptors (Lipinski definition) is 6. The van der Waals surface area contributed by atoms with Gasteiger partial charge in [-0.2, -0.15) is 0 Å². The first-order chi connectivity index (χ1) is 15.4. The van der Waals surface area contributed by atoms with Gasteiger partial charge in [-0.3, -0.25) is 14.2 Å². The standard InChI is InChI=1S/C22H19N5O3S2/c1-13-8-14(2)10-15(9-13)23-18(28)12-26-22(30)27-17-5-7-32-19(17)20(29)25(21(27)24-26)11-16-4-3-6-31-16/h3-10H,11-12H2,1-2H3,(H,23,28). The fourth-order valence-electron chi connectivity index (χ4n) is 3.82. The molecule has 0 atom stereocenters. The van der Waals surface area contributed by atoms with Crippen LogP contribution in [0.15, 0.2) is 56.7 Å². The van der Waals surface area contributed by atoms with E-state index < -0.39 is 5.69 Å². The molecule has 0 fully saturated rings. The van der Waals surface area contributed by atoms with E-state index in [1.54, 1.807) is 11.4 Å². The first-order valence-corrected chi connectivity index (χ1v) is 11.7. The number of rotatable bonds is 5. The van der Waals surface area contributed by atoms with E-state index in [9.17, 15) is 14.4 Å². The number of benzene rings is 1. The molecule has 162 valence electrons. The molecule has 0 unspecified atom stereocenters. The fraction of sp³-hybridized carbons (Fsp3) is 0.182. The Morgan fingerprint density at radius 2 is 1.84 bits per heavy atom. The largest absolute Gasteiger partial charge is 0.352 e. The molecule has 0 aliphatic carbocycles. The molecule has 0 radical (unpaired) electrons. The number of aryl methyl sites for hydroxylation is 2. The van der Waals surface area contributed by atoms with Crippen molar-refractivity contribution in [3.8, 4) is 0 Å². The summed E-state index contributed by atoms with van der Waals surface area (Å²) in [5.41, 5.74) is 2.57. The number of amides is 1. The van der Waals surface area contributed by atoms with Gasteiger partial charge in [-0.1, -0.05) is 12.1 Å². The molecule has 0 aliphatic heterocycles. The van der Waals surface area contributed by atoms with Crippen LogP contribution in [-0.4, -0.2) is 24.7 Å². The number of fused-ring (bicyclic) bond motifs is 3. The summed E-state index contributed by atoms with van der Waals surface area (Å²) in [6, 6.07) is 11.3. The molecule has 10 heteroatoms. The Kier molecular flexibility index (Phi) is 5.03. The molecule has 32 heavy (non-hydrogen) atoms. The van der Waals surface area contributed by atoms with Crippen LogP contribution in [0.3, 0.4) is 0 Å². The van der Waals surface area contributed by atoms with Gasteiger partial charge in [0.1, 0.15) is 11.2 Å². The number of nitrogens with one attached hydrogen (secondary N) is 1. The Balaban J connectivity index is 1.57. The topological polar surface area (TPSA) is 90.4 Å². The van der Waals surface area contributed by atoms with Crippen LogP contribution < -0.4 is 16.6 Å². The van der Waals surface area contributed by atoms with Crippen LogP contribution in [0.1, 0.15) is 16.0 Å². The highest BCUT2D eigenvalue weighted by Gasteiger charge is 2.20. The Morgan fingerprint density at radius 3 is 2.56 bits per heavy atom. The third kappa shape index (κ3) is 3.57. The van der Waals surface area contributed by atoms with Crippen molar-refractivity contribution in [3.05, 3.63) is 84.0 Å². The second-order valence-corrected chi connectivity index (χ2v) is 9.55. The molecular formula is C22H19N5O3S2. The molecule has 4 heterocycles. The minimum Gasteiger partial charge on any atom is -0.324 e. The van der Waals surface area contributed by atoms with Crippen molar-refractivity contribution in [1.82, 2.24) is 18.7 Å². The van der Waals surface area contributed by atoms with Gasteiger partial charge < -0.3 is 5.32 Å². The monoisotopic (exact) mass is 465 g/mol. The molecule has 1 aromatic carbocycles. The molecule has 0 saturated carbocycles. The number of carbonyl (C=O) groups is 1. The number of aromatic nitrogens is 4. The number of hydrogen-bond donors (Lipinski definition) is 1. The Hall–Kier alpha value is -3.50. The first-order valence-electron chi connectivity index (χ1n) is 9.91. The SMILES string of the molecule is Cc1cc(C)cc(NC(=O)Cn2nc3n(Cc4cccs4)c(=O)c4sccc4n3c2=O)c1. The molecule has 1 amide bonds. The van der Waals surface area contributed by atoms with E-state index in [1.807, 2.05) is 49.6 Å². The molecule has 8 nitrogen and oxygen atoms in total. The van der Waals surface area contributed by atoms with Crippen molar-refractivity contribution < 1.29 is 4.79 Å². The lowest BCUT2D eigenvalue weighted by Gasteiger charge is -2.07. The molecule has 5 aromatic rings. The Bertz CT molecular complexity index is 1570. The summed E-state index contributed by atoms with van der Waals surface area (Å²) in [5, 5.41) is 10.9. The second kappa shape index (κ2) is 7.88. The summed E-state index contributed by atoms with van der Waals surface area (Å²) >= 11 is 2.81. The maximum atomic E-state index is 13.2. The van der Waals surface area contributed by atoms with Gasteiger partial charge in [0.25, 0.3) is 5.56 Å². The smallest absolute Gasteiger partial charge is 0.324 e. The molecule has 0 saturated heterocycles. The van der Waals surface area contributed by atoms with Gasteiger partial charge in [-0.25, -0.2) is 13.9 Å². The van der Waals surface area contributed by atoms with Crippen molar-refractivity contribution in [2.24, 2.45) is 0 Å². The van der Waals surface area contributed by atoms with Gasteiger partial charge in [0.05, 0.1) is 12.1 Å². The van der Waals surface area contributed by atoms with Crippen LogP contribution in [0.5, 0.6) is 0 Å².